The number of anilines is 2. The summed E-state index contributed by atoms with van der Waals surface area (Å²) >= 11 is 0. The number of benzene rings is 1. The molecule has 0 bridgehead atoms. The first-order valence-corrected chi connectivity index (χ1v) is 8.52. The molecule has 0 saturated heterocycles. The van der Waals surface area contributed by atoms with Gasteiger partial charge in [-0.25, -0.2) is 9.97 Å². The lowest BCUT2D eigenvalue weighted by atomic mass is 10.1. The van der Waals surface area contributed by atoms with E-state index < -0.39 is 0 Å². The fourth-order valence-electron chi connectivity index (χ4n) is 3.50. The van der Waals surface area contributed by atoms with Crippen LogP contribution in [0.2, 0.25) is 0 Å². The maximum atomic E-state index is 12.1. The highest BCUT2D eigenvalue weighted by atomic mass is 16.2. The highest BCUT2D eigenvalue weighted by Gasteiger charge is 2.26. The van der Waals surface area contributed by atoms with Crippen molar-refractivity contribution in [3.8, 4) is 0 Å². The fourth-order valence-corrected chi connectivity index (χ4v) is 3.50. The average molecular weight is 335 g/mol. The molecular weight excluding hydrogens is 314 g/mol. The van der Waals surface area contributed by atoms with Crippen LogP contribution in [0.3, 0.4) is 0 Å². The number of carbonyl (C=O) groups is 1. The molecule has 0 N–H and O–H groups in total. The lowest BCUT2D eigenvalue weighted by molar-refractivity contribution is -0.116. The van der Waals surface area contributed by atoms with Crippen molar-refractivity contribution in [3.63, 3.8) is 0 Å². The number of amides is 1. The molecule has 1 aliphatic heterocycles. The van der Waals surface area contributed by atoms with Gasteiger partial charge in [0.25, 0.3) is 0 Å². The van der Waals surface area contributed by atoms with Crippen LogP contribution in [0.25, 0.3) is 5.78 Å². The topological polar surface area (TPSA) is 53.7 Å². The second kappa shape index (κ2) is 6.20. The van der Waals surface area contributed by atoms with Crippen LogP contribution in [0.5, 0.6) is 0 Å². The van der Waals surface area contributed by atoms with Crippen LogP contribution >= 0.6 is 0 Å². The smallest absolute Gasteiger partial charge is 0.233 e. The summed E-state index contributed by atoms with van der Waals surface area (Å²) in [7, 11) is 0. The maximum absolute atomic E-state index is 12.1. The number of aromatic nitrogens is 3. The minimum Gasteiger partial charge on any atom is -0.364 e. The predicted molar refractivity (Wildman–Crippen MR) is 97.7 cm³/mol. The zero-order valence-electron chi connectivity index (χ0n) is 14.5. The summed E-state index contributed by atoms with van der Waals surface area (Å²) in [4.78, 5) is 25.2. The number of carbonyl (C=O) groups excluding carboxylic acids is 1. The van der Waals surface area contributed by atoms with Gasteiger partial charge in [-0.3, -0.25) is 9.20 Å². The minimum atomic E-state index is 0.0816. The molecular formula is C19H21N5O. The van der Waals surface area contributed by atoms with E-state index in [4.69, 9.17) is 0 Å². The molecule has 1 unspecified atom stereocenters. The molecule has 0 spiro atoms. The molecule has 3 heterocycles. The molecule has 6 nitrogen and oxygen atoms in total. The summed E-state index contributed by atoms with van der Waals surface area (Å²) in [6.45, 7) is 6.11. The predicted octanol–water partition coefficient (Wildman–Crippen LogP) is 2.74. The molecule has 4 rings (SSSR count). The second-order valence-electron chi connectivity index (χ2n) is 6.66. The number of nitrogens with zero attached hydrogens (tertiary/aromatic N) is 5. The van der Waals surface area contributed by atoms with Crippen LogP contribution in [-0.4, -0.2) is 33.4 Å². The van der Waals surface area contributed by atoms with E-state index in [0.29, 0.717) is 18.2 Å². The van der Waals surface area contributed by atoms with Crippen LogP contribution < -0.4 is 9.80 Å². The van der Waals surface area contributed by atoms with Gasteiger partial charge in [0.1, 0.15) is 0 Å². The van der Waals surface area contributed by atoms with E-state index in [-0.39, 0.29) is 5.91 Å². The molecule has 1 aliphatic rings. The summed E-state index contributed by atoms with van der Waals surface area (Å²) in [5, 5.41) is 0. The number of rotatable bonds is 2. The van der Waals surface area contributed by atoms with Gasteiger partial charge in [-0.15, -0.1) is 0 Å². The lowest BCUT2D eigenvalue weighted by Gasteiger charge is -2.25. The molecule has 25 heavy (non-hydrogen) atoms. The molecule has 0 saturated carbocycles. The van der Waals surface area contributed by atoms with Crippen molar-refractivity contribution in [2.45, 2.75) is 20.4 Å². The first-order chi connectivity index (χ1) is 12.1. The van der Waals surface area contributed by atoms with Crippen LogP contribution in [0.15, 0.2) is 48.9 Å². The van der Waals surface area contributed by atoms with Gasteiger partial charge in [-0.1, -0.05) is 19.1 Å². The van der Waals surface area contributed by atoms with Crippen molar-refractivity contribution in [2.75, 3.05) is 22.9 Å². The Balaban J connectivity index is 1.72. The average Bonchev–Trinajstić information content (AvgIpc) is 2.95. The van der Waals surface area contributed by atoms with E-state index in [2.05, 4.69) is 27.9 Å². The van der Waals surface area contributed by atoms with Gasteiger partial charge in [0.15, 0.2) is 0 Å². The maximum Gasteiger partial charge on any atom is 0.233 e. The monoisotopic (exact) mass is 335 g/mol. The normalized spacial score (nSPS) is 17.4. The van der Waals surface area contributed by atoms with Gasteiger partial charge in [-0.2, -0.15) is 0 Å². The first kappa shape index (κ1) is 15.6. The Kier molecular flexibility index (Phi) is 3.87. The third-order valence-electron chi connectivity index (χ3n) is 4.56. The Hall–Kier alpha value is -2.89. The van der Waals surface area contributed by atoms with Crippen molar-refractivity contribution in [2.24, 2.45) is 5.92 Å². The van der Waals surface area contributed by atoms with Gasteiger partial charge in [-0.05, 0) is 24.1 Å². The van der Waals surface area contributed by atoms with E-state index in [1.165, 1.54) is 0 Å². The van der Waals surface area contributed by atoms with E-state index >= 15 is 0 Å². The van der Waals surface area contributed by atoms with Crippen molar-refractivity contribution in [1.29, 1.82) is 0 Å². The summed E-state index contributed by atoms with van der Waals surface area (Å²) in [6.07, 6.45) is 5.72. The molecule has 128 valence electrons. The molecule has 1 aromatic carbocycles. The van der Waals surface area contributed by atoms with Crippen LogP contribution in [0, 0.1) is 5.92 Å². The van der Waals surface area contributed by atoms with Crippen molar-refractivity contribution in [3.05, 3.63) is 54.6 Å². The third-order valence-corrected chi connectivity index (χ3v) is 4.56. The summed E-state index contributed by atoms with van der Waals surface area (Å²) in [5.74, 6) is 1.16. The third kappa shape index (κ3) is 2.95. The van der Waals surface area contributed by atoms with E-state index in [0.717, 1.165) is 30.2 Å². The van der Waals surface area contributed by atoms with E-state index in [9.17, 15) is 4.79 Å². The fraction of sp³-hybridized carbons (Fsp3) is 0.316. The summed E-state index contributed by atoms with van der Waals surface area (Å²) in [6, 6.07) is 10.0. The SMILES string of the molecule is CC(=O)N1CC(C)CN(Cc2cn3cccnc3n2)c2ccccc21. The Morgan fingerprint density at radius 1 is 1.20 bits per heavy atom. The Morgan fingerprint density at radius 2 is 2.00 bits per heavy atom. The standard InChI is InChI=1S/C19H21N5O/c1-14-10-23(13-16-12-22-9-5-8-20-19(22)21-16)17-6-3-4-7-18(17)24(11-14)15(2)25/h3-9,12,14H,10-11,13H2,1-2H3. The Labute approximate surface area is 146 Å². The molecule has 0 aliphatic carbocycles. The molecule has 2 aromatic heterocycles. The molecule has 6 heteroatoms. The Bertz CT molecular complexity index is 886. The van der Waals surface area contributed by atoms with Gasteiger partial charge < -0.3 is 9.80 Å². The van der Waals surface area contributed by atoms with Crippen LogP contribution in [0.1, 0.15) is 19.5 Å². The Morgan fingerprint density at radius 3 is 2.76 bits per heavy atom. The van der Waals surface area contributed by atoms with Crippen molar-refractivity contribution in [1.82, 2.24) is 14.4 Å². The zero-order chi connectivity index (χ0) is 17.4. The number of hydrogen-bond acceptors (Lipinski definition) is 4. The number of imidazole rings is 1. The van der Waals surface area contributed by atoms with Gasteiger partial charge in [0.2, 0.25) is 11.7 Å². The van der Waals surface area contributed by atoms with E-state index in [1.54, 1.807) is 13.1 Å². The lowest BCUT2D eigenvalue weighted by Crippen LogP contribution is -2.33. The summed E-state index contributed by atoms with van der Waals surface area (Å²) < 4.78 is 1.93. The molecule has 0 fully saturated rings. The number of fused-ring (bicyclic) bond motifs is 2. The van der Waals surface area contributed by atoms with Crippen molar-refractivity contribution >= 4 is 23.1 Å². The summed E-state index contributed by atoms with van der Waals surface area (Å²) in [5.41, 5.74) is 3.02. The molecule has 3 aromatic rings. The zero-order valence-corrected chi connectivity index (χ0v) is 14.5. The largest absolute Gasteiger partial charge is 0.364 e. The van der Waals surface area contributed by atoms with Crippen LogP contribution in [0.4, 0.5) is 11.4 Å². The second-order valence-corrected chi connectivity index (χ2v) is 6.66. The van der Waals surface area contributed by atoms with Crippen LogP contribution in [-0.2, 0) is 11.3 Å². The van der Waals surface area contributed by atoms with Crippen molar-refractivity contribution < 1.29 is 4.79 Å². The minimum absolute atomic E-state index is 0.0816. The molecule has 1 amide bonds. The van der Waals surface area contributed by atoms with Gasteiger partial charge >= 0.3 is 0 Å². The molecule has 1 atom stereocenters. The first-order valence-electron chi connectivity index (χ1n) is 8.52. The number of para-hydroxylation sites is 2. The molecule has 0 radical (unpaired) electrons. The van der Waals surface area contributed by atoms with E-state index in [1.807, 2.05) is 46.0 Å². The highest BCUT2D eigenvalue weighted by Crippen LogP contribution is 2.34. The van der Waals surface area contributed by atoms with Gasteiger partial charge in [0, 0.05) is 38.6 Å². The quantitative estimate of drug-likeness (QED) is 0.723. The highest BCUT2D eigenvalue weighted by molar-refractivity contribution is 5.95. The number of hydrogen-bond donors (Lipinski definition) is 0. The van der Waals surface area contributed by atoms with Gasteiger partial charge in [0.05, 0.1) is 23.6 Å².